The van der Waals surface area contributed by atoms with E-state index in [9.17, 15) is 15.0 Å². The molecule has 0 heterocycles. The van der Waals surface area contributed by atoms with E-state index in [-0.39, 0.29) is 12.5 Å². The van der Waals surface area contributed by atoms with E-state index in [1.807, 2.05) is 6.08 Å². The molecule has 1 amide bonds. The summed E-state index contributed by atoms with van der Waals surface area (Å²) < 4.78 is 0. The molecule has 4 nitrogen and oxygen atoms in total. The highest BCUT2D eigenvalue weighted by Gasteiger charge is 2.17. The molecule has 0 aromatic rings. The number of amides is 1. The van der Waals surface area contributed by atoms with Gasteiger partial charge in [-0.2, -0.15) is 0 Å². The van der Waals surface area contributed by atoms with Crippen molar-refractivity contribution in [3.05, 3.63) is 24.3 Å². The van der Waals surface area contributed by atoms with Crippen LogP contribution in [0.1, 0.15) is 187 Å². The summed E-state index contributed by atoms with van der Waals surface area (Å²) in [4.78, 5) is 12.3. The van der Waals surface area contributed by atoms with Gasteiger partial charge in [0.15, 0.2) is 0 Å². The minimum Gasteiger partial charge on any atom is -0.394 e. The summed E-state index contributed by atoms with van der Waals surface area (Å²) in [6.07, 6.45) is 41.1. The highest BCUT2D eigenvalue weighted by Crippen LogP contribution is 2.13. The number of carbonyl (C=O) groups is 1. The van der Waals surface area contributed by atoms with E-state index in [0.29, 0.717) is 6.42 Å². The van der Waals surface area contributed by atoms with Crippen LogP contribution in [-0.4, -0.2) is 34.9 Å². The third-order valence-corrected chi connectivity index (χ3v) is 8.18. The van der Waals surface area contributed by atoms with Crippen molar-refractivity contribution in [2.45, 2.75) is 199 Å². The number of hydrogen-bond acceptors (Lipinski definition) is 3. The third-order valence-electron chi connectivity index (χ3n) is 8.18. The first-order chi connectivity index (χ1) is 20.2. The van der Waals surface area contributed by atoms with Crippen LogP contribution in [0, 0.1) is 0 Å². The van der Waals surface area contributed by atoms with Gasteiger partial charge in [0.05, 0.1) is 18.8 Å². The zero-order valence-electron chi connectivity index (χ0n) is 27.6. The number of aliphatic hydroxyl groups is 2. The fourth-order valence-electron chi connectivity index (χ4n) is 5.35. The summed E-state index contributed by atoms with van der Waals surface area (Å²) in [6.45, 7) is 4.29. The van der Waals surface area contributed by atoms with Crippen LogP contribution in [0.25, 0.3) is 0 Å². The third kappa shape index (κ3) is 30.1. The molecule has 242 valence electrons. The Morgan fingerprint density at radius 3 is 1.34 bits per heavy atom. The second-order valence-electron chi connectivity index (χ2n) is 12.3. The Morgan fingerprint density at radius 1 is 0.561 bits per heavy atom. The number of rotatable bonds is 32. The molecular formula is C37H71NO3. The van der Waals surface area contributed by atoms with Gasteiger partial charge in [-0.3, -0.25) is 4.79 Å². The molecule has 0 saturated carbocycles. The molecule has 0 aromatic carbocycles. The fraction of sp³-hybridized carbons (Fsp3) is 0.865. The quantitative estimate of drug-likeness (QED) is 0.0550. The topological polar surface area (TPSA) is 69.6 Å². The second kappa shape index (κ2) is 33.4. The number of nitrogens with one attached hydrogen (secondary N) is 1. The van der Waals surface area contributed by atoms with Crippen molar-refractivity contribution < 1.29 is 15.0 Å². The minimum absolute atomic E-state index is 0.0739. The fourth-order valence-corrected chi connectivity index (χ4v) is 5.35. The first-order valence-corrected chi connectivity index (χ1v) is 18.1. The molecule has 0 spiro atoms. The Kier molecular flexibility index (Phi) is 32.5. The summed E-state index contributed by atoms with van der Waals surface area (Å²) in [6, 6.07) is -0.621. The van der Waals surface area contributed by atoms with E-state index in [2.05, 4.69) is 31.3 Å². The first kappa shape index (κ1) is 39.9. The average Bonchev–Trinajstić information content (AvgIpc) is 2.97. The lowest BCUT2D eigenvalue weighted by Crippen LogP contribution is -2.45. The molecule has 2 atom stereocenters. The molecule has 0 fully saturated rings. The zero-order chi connectivity index (χ0) is 30.1. The van der Waals surface area contributed by atoms with Gasteiger partial charge >= 0.3 is 0 Å². The molecule has 0 saturated heterocycles. The Bertz CT molecular complexity index is 589. The monoisotopic (exact) mass is 578 g/mol. The molecule has 0 aromatic heterocycles. The number of aliphatic hydroxyl groups excluding tert-OH is 2. The molecular weight excluding hydrogens is 506 g/mol. The summed E-state index contributed by atoms with van der Waals surface area (Å²) >= 11 is 0. The Morgan fingerprint density at radius 2 is 0.927 bits per heavy atom. The normalized spacial score (nSPS) is 13.4. The van der Waals surface area contributed by atoms with Crippen LogP contribution >= 0.6 is 0 Å². The van der Waals surface area contributed by atoms with Gasteiger partial charge < -0.3 is 15.5 Å². The van der Waals surface area contributed by atoms with E-state index in [4.69, 9.17) is 0 Å². The van der Waals surface area contributed by atoms with Crippen LogP contribution in [0.15, 0.2) is 24.3 Å². The van der Waals surface area contributed by atoms with E-state index in [0.717, 1.165) is 32.1 Å². The lowest BCUT2D eigenvalue weighted by molar-refractivity contribution is -0.123. The Balaban J connectivity index is 3.64. The summed E-state index contributed by atoms with van der Waals surface area (Å²) in [5.74, 6) is -0.0739. The van der Waals surface area contributed by atoms with Crippen molar-refractivity contribution in [2.75, 3.05) is 6.61 Å². The summed E-state index contributed by atoms with van der Waals surface area (Å²) in [5, 5.41) is 22.8. The Hall–Kier alpha value is -1.13. The maximum atomic E-state index is 12.3. The molecule has 3 N–H and O–H groups in total. The smallest absolute Gasteiger partial charge is 0.220 e. The minimum atomic E-state index is -0.837. The van der Waals surface area contributed by atoms with Gasteiger partial charge in [-0.15, -0.1) is 0 Å². The Labute approximate surface area is 256 Å². The van der Waals surface area contributed by atoms with Crippen LogP contribution in [-0.2, 0) is 4.79 Å². The van der Waals surface area contributed by atoms with E-state index >= 15 is 0 Å². The van der Waals surface area contributed by atoms with E-state index in [1.54, 1.807) is 6.08 Å². The van der Waals surface area contributed by atoms with Crippen LogP contribution in [0.5, 0.6) is 0 Å². The standard InChI is InChI=1S/C37H71NO3/c1-3-5-7-9-11-13-15-17-18-19-21-23-25-27-29-31-33-37(41)38-35(34-39)36(40)32-30-28-26-24-22-20-16-14-12-10-8-6-4-2/h18-19,30,32,35-36,39-40H,3-17,20-29,31,33-34H2,1-2H3,(H,38,41)/b19-18-,32-30+. The lowest BCUT2D eigenvalue weighted by atomic mass is 10.0. The van der Waals surface area contributed by atoms with Crippen molar-refractivity contribution in [1.82, 2.24) is 5.32 Å². The van der Waals surface area contributed by atoms with Gasteiger partial charge in [-0.05, 0) is 44.9 Å². The summed E-state index contributed by atoms with van der Waals surface area (Å²) in [7, 11) is 0. The highest BCUT2D eigenvalue weighted by molar-refractivity contribution is 5.76. The van der Waals surface area contributed by atoms with Crippen molar-refractivity contribution in [3.63, 3.8) is 0 Å². The van der Waals surface area contributed by atoms with Gasteiger partial charge in [0.1, 0.15) is 0 Å². The average molecular weight is 578 g/mol. The van der Waals surface area contributed by atoms with Gasteiger partial charge in [0, 0.05) is 6.42 Å². The molecule has 2 unspecified atom stereocenters. The van der Waals surface area contributed by atoms with Gasteiger partial charge in [-0.1, -0.05) is 160 Å². The second-order valence-corrected chi connectivity index (χ2v) is 12.3. The van der Waals surface area contributed by atoms with E-state index in [1.165, 1.54) is 135 Å². The number of unbranched alkanes of at least 4 members (excludes halogenated alkanes) is 23. The van der Waals surface area contributed by atoms with Crippen molar-refractivity contribution >= 4 is 5.91 Å². The molecule has 4 heteroatoms. The van der Waals surface area contributed by atoms with Gasteiger partial charge in [0.2, 0.25) is 5.91 Å². The highest BCUT2D eigenvalue weighted by atomic mass is 16.3. The maximum absolute atomic E-state index is 12.3. The largest absolute Gasteiger partial charge is 0.394 e. The predicted molar refractivity (Wildman–Crippen MR) is 179 cm³/mol. The number of hydrogen-bond donors (Lipinski definition) is 3. The van der Waals surface area contributed by atoms with Crippen molar-refractivity contribution in [3.8, 4) is 0 Å². The molecule has 41 heavy (non-hydrogen) atoms. The first-order valence-electron chi connectivity index (χ1n) is 18.1. The van der Waals surface area contributed by atoms with Crippen LogP contribution in [0.2, 0.25) is 0 Å². The number of allylic oxidation sites excluding steroid dienone is 3. The summed E-state index contributed by atoms with van der Waals surface area (Å²) in [5.41, 5.74) is 0. The van der Waals surface area contributed by atoms with Crippen LogP contribution < -0.4 is 5.32 Å². The van der Waals surface area contributed by atoms with Crippen LogP contribution in [0.3, 0.4) is 0 Å². The molecule has 0 aliphatic heterocycles. The maximum Gasteiger partial charge on any atom is 0.220 e. The van der Waals surface area contributed by atoms with Crippen LogP contribution in [0.4, 0.5) is 0 Å². The molecule has 0 radical (unpaired) electrons. The van der Waals surface area contributed by atoms with E-state index < -0.39 is 12.1 Å². The van der Waals surface area contributed by atoms with Crippen molar-refractivity contribution in [2.24, 2.45) is 0 Å². The molecule has 0 aliphatic rings. The zero-order valence-corrected chi connectivity index (χ0v) is 27.6. The number of carbonyl (C=O) groups excluding carboxylic acids is 1. The SMILES string of the molecule is CCCCCCCCC/C=C\CCCCCCCC(=O)NC(CO)C(O)/C=C/CCCCCCCCCCCCC. The molecule has 0 rings (SSSR count). The van der Waals surface area contributed by atoms with Gasteiger partial charge in [0.25, 0.3) is 0 Å². The van der Waals surface area contributed by atoms with Gasteiger partial charge in [-0.25, -0.2) is 0 Å². The molecule has 0 bridgehead atoms. The predicted octanol–water partition coefficient (Wildman–Crippen LogP) is 10.5. The van der Waals surface area contributed by atoms with Crippen molar-refractivity contribution in [1.29, 1.82) is 0 Å². The lowest BCUT2D eigenvalue weighted by Gasteiger charge is -2.20. The molecule has 0 aliphatic carbocycles.